The minimum absolute atomic E-state index is 0.191. The van der Waals surface area contributed by atoms with Crippen molar-refractivity contribution < 1.29 is 14.7 Å². The number of carbonyl (C=O) groups excluding carboxylic acids is 1. The predicted octanol–water partition coefficient (Wildman–Crippen LogP) is 2.32. The number of aromatic carboxylic acids is 1. The summed E-state index contributed by atoms with van der Waals surface area (Å²) in [6, 6.07) is 3.00. The van der Waals surface area contributed by atoms with Crippen LogP contribution >= 0.6 is 23.1 Å². The molecule has 2 N–H and O–H groups in total. The third kappa shape index (κ3) is 4.79. The number of rotatable bonds is 7. The molecule has 0 fully saturated rings. The number of carboxylic acids is 1. The van der Waals surface area contributed by atoms with Crippen molar-refractivity contribution in [2.75, 3.05) is 18.1 Å². The van der Waals surface area contributed by atoms with Crippen LogP contribution in [-0.2, 0) is 0 Å². The zero-order valence-electron chi connectivity index (χ0n) is 9.56. The molecule has 1 rings (SSSR count). The molecule has 4 nitrogen and oxygen atoms in total. The molecule has 0 radical (unpaired) electrons. The summed E-state index contributed by atoms with van der Waals surface area (Å²) in [5, 5.41) is 11.5. The van der Waals surface area contributed by atoms with Crippen molar-refractivity contribution in [2.24, 2.45) is 0 Å². The van der Waals surface area contributed by atoms with E-state index in [1.807, 2.05) is 11.8 Å². The van der Waals surface area contributed by atoms with E-state index in [1.165, 1.54) is 6.07 Å². The molecule has 0 aliphatic carbocycles. The number of amides is 1. The van der Waals surface area contributed by atoms with Gasteiger partial charge in [-0.05, 0) is 30.1 Å². The Kier molecular flexibility index (Phi) is 6.07. The van der Waals surface area contributed by atoms with E-state index >= 15 is 0 Å². The van der Waals surface area contributed by atoms with Crippen molar-refractivity contribution in [3.8, 4) is 0 Å². The molecular weight excluding hydrogens is 258 g/mol. The molecule has 17 heavy (non-hydrogen) atoms. The number of nitrogens with one attached hydrogen (secondary N) is 1. The van der Waals surface area contributed by atoms with E-state index in [-0.39, 0.29) is 10.8 Å². The van der Waals surface area contributed by atoms with Gasteiger partial charge in [-0.3, -0.25) is 4.79 Å². The van der Waals surface area contributed by atoms with E-state index in [9.17, 15) is 9.59 Å². The number of carboxylic acid groups (broad SMARTS) is 1. The Labute approximate surface area is 108 Å². The van der Waals surface area contributed by atoms with Gasteiger partial charge in [0.1, 0.15) is 4.88 Å². The maximum absolute atomic E-state index is 11.6. The molecule has 1 amide bonds. The summed E-state index contributed by atoms with van der Waals surface area (Å²) in [6.07, 6.45) is 0.932. The van der Waals surface area contributed by atoms with Crippen molar-refractivity contribution in [3.05, 3.63) is 21.9 Å². The molecular formula is C11H15NO3S2. The van der Waals surface area contributed by atoms with Crippen LogP contribution in [0.3, 0.4) is 0 Å². The van der Waals surface area contributed by atoms with Gasteiger partial charge in [0.05, 0.1) is 4.88 Å². The summed E-state index contributed by atoms with van der Waals surface area (Å²) in [4.78, 5) is 22.9. The molecule has 1 heterocycles. The lowest BCUT2D eigenvalue weighted by Gasteiger charge is -2.02. The highest BCUT2D eigenvalue weighted by atomic mass is 32.2. The summed E-state index contributed by atoms with van der Waals surface area (Å²) in [5.74, 6) is 0.931. The summed E-state index contributed by atoms with van der Waals surface area (Å²) in [6.45, 7) is 2.73. The number of thioether (sulfide) groups is 1. The molecule has 1 aromatic heterocycles. The second kappa shape index (κ2) is 7.34. The van der Waals surface area contributed by atoms with Crippen LogP contribution in [0.15, 0.2) is 12.1 Å². The van der Waals surface area contributed by atoms with E-state index in [2.05, 4.69) is 12.2 Å². The Morgan fingerprint density at radius 1 is 1.41 bits per heavy atom. The van der Waals surface area contributed by atoms with Crippen LogP contribution in [0.4, 0.5) is 0 Å². The minimum atomic E-state index is -0.992. The van der Waals surface area contributed by atoms with Crippen LogP contribution < -0.4 is 5.32 Å². The van der Waals surface area contributed by atoms with Crippen molar-refractivity contribution in [3.63, 3.8) is 0 Å². The minimum Gasteiger partial charge on any atom is -0.477 e. The second-order valence-electron chi connectivity index (χ2n) is 3.28. The molecule has 0 aliphatic rings. The van der Waals surface area contributed by atoms with Crippen molar-refractivity contribution in [1.82, 2.24) is 5.32 Å². The lowest BCUT2D eigenvalue weighted by atomic mass is 10.4. The Hall–Kier alpha value is -1.01. The molecule has 94 valence electrons. The number of hydrogen-bond acceptors (Lipinski definition) is 4. The standard InChI is InChI=1S/C11H15NO3S2/c1-2-16-7-3-6-12-10(13)8-4-5-9(17-8)11(14)15/h4-5H,2-3,6-7H2,1H3,(H,12,13)(H,14,15). The van der Waals surface area contributed by atoms with Crippen molar-refractivity contribution >= 4 is 35.0 Å². The van der Waals surface area contributed by atoms with Crippen LogP contribution in [0.1, 0.15) is 32.7 Å². The quantitative estimate of drug-likeness (QED) is 0.748. The third-order valence-electron chi connectivity index (χ3n) is 2.00. The normalized spacial score (nSPS) is 10.2. The maximum Gasteiger partial charge on any atom is 0.345 e. The van der Waals surface area contributed by atoms with E-state index in [0.717, 1.165) is 29.3 Å². The third-order valence-corrected chi connectivity index (χ3v) is 4.05. The first-order chi connectivity index (χ1) is 8.15. The van der Waals surface area contributed by atoms with E-state index in [1.54, 1.807) is 6.07 Å². The van der Waals surface area contributed by atoms with Gasteiger partial charge >= 0.3 is 5.97 Å². The highest BCUT2D eigenvalue weighted by molar-refractivity contribution is 7.99. The second-order valence-corrected chi connectivity index (χ2v) is 5.75. The predicted molar refractivity (Wildman–Crippen MR) is 71.2 cm³/mol. The lowest BCUT2D eigenvalue weighted by molar-refractivity contribution is 0.0702. The van der Waals surface area contributed by atoms with Gasteiger partial charge in [0, 0.05) is 6.54 Å². The smallest absolute Gasteiger partial charge is 0.345 e. The molecule has 0 atom stereocenters. The van der Waals surface area contributed by atoms with Crippen molar-refractivity contribution in [2.45, 2.75) is 13.3 Å². The maximum atomic E-state index is 11.6. The molecule has 0 saturated heterocycles. The molecule has 0 aromatic carbocycles. The fourth-order valence-electron chi connectivity index (χ4n) is 1.18. The van der Waals surface area contributed by atoms with Crippen LogP contribution in [0, 0.1) is 0 Å². The largest absolute Gasteiger partial charge is 0.477 e. The Morgan fingerprint density at radius 3 is 2.71 bits per heavy atom. The SMILES string of the molecule is CCSCCCNC(=O)c1ccc(C(=O)O)s1. The average Bonchev–Trinajstić information content (AvgIpc) is 2.78. The summed E-state index contributed by atoms with van der Waals surface area (Å²) in [5.41, 5.74) is 0. The van der Waals surface area contributed by atoms with Gasteiger partial charge in [0.2, 0.25) is 0 Å². The summed E-state index contributed by atoms with van der Waals surface area (Å²) < 4.78 is 0. The lowest BCUT2D eigenvalue weighted by Crippen LogP contribution is -2.23. The monoisotopic (exact) mass is 273 g/mol. The zero-order chi connectivity index (χ0) is 12.7. The fourth-order valence-corrected chi connectivity index (χ4v) is 2.58. The van der Waals surface area contributed by atoms with Gasteiger partial charge in [0.15, 0.2) is 0 Å². The number of thiophene rings is 1. The van der Waals surface area contributed by atoms with Gasteiger partial charge in [-0.2, -0.15) is 11.8 Å². The highest BCUT2D eigenvalue weighted by Crippen LogP contribution is 2.16. The van der Waals surface area contributed by atoms with Crippen LogP contribution in [-0.4, -0.2) is 35.0 Å². The molecule has 0 saturated carbocycles. The van der Waals surface area contributed by atoms with Crippen molar-refractivity contribution in [1.29, 1.82) is 0 Å². The number of carbonyl (C=O) groups is 2. The van der Waals surface area contributed by atoms with Gasteiger partial charge in [-0.25, -0.2) is 4.79 Å². The fraction of sp³-hybridized carbons (Fsp3) is 0.455. The van der Waals surface area contributed by atoms with Gasteiger partial charge in [-0.15, -0.1) is 11.3 Å². The van der Waals surface area contributed by atoms with E-state index < -0.39 is 5.97 Å². The van der Waals surface area contributed by atoms with Crippen LogP contribution in [0.5, 0.6) is 0 Å². The first kappa shape index (κ1) is 14.1. The Bertz CT molecular complexity index is 390. The molecule has 0 aliphatic heterocycles. The molecule has 1 aromatic rings. The summed E-state index contributed by atoms with van der Waals surface area (Å²) in [7, 11) is 0. The number of hydrogen-bond donors (Lipinski definition) is 2. The van der Waals surface area contributed by atoms with E-state index in [0.29, 0.717) is 11.4 Å². The Balaban J connectivity index is 2.34. The highest BCUT2D eigenvalue weighted by Gasteiger charge is 2.11. The molecule has 0 unspecified atom stereocenters. The van der Waals surface area contributed by atoms with Gasteiger partial charge < -0.3 is 10.4 Å². The first-order valence-electron chi connectivity index (χ1n) is 5.34. The average molecular weight is 273 g/mol. The van der Waals surface area contributed by atoms with Gasteiger partial charge in [-0.1, -0.05) is 6.92 Å². The Morgan fingerprint density at radius 2 is 2.12 bits per heavy atom. The van der Waals surface area contributed by atoms with Gasteiger partial charge in [0.25, 0.3) is 5.91 Å². The van der Waals surface area contributed by atoms with E-state index in [4.69, 9.17) is 5.11 Å². The summed E-state index contributed by atoms with van der Waals surface area (Å²) >= 11 is 2.84. The zero-order valence-corrected chi connectivity index (χ0v) is 11.2. The van der Waals surface area contributed by atoms with Crippen LogP contribution in [0.25, 0.3) is 0 Å². The molecule has 0 spiro atoms. The van der Waals surface area contributed by atoms with Crippen LogP contribution in [0.2, 0.25) is 0 Å². The first-order valence-corrected chi connectivity index (χ1v) is 7.31. The molecule has 6 heteroatoms. The molecule has 0 bridgehead atoms. The topological polar surface area (TPSA) is 66.4 Å².